The van der Waals surface area contributed by atoms with Crippen molar-refractivity contribution in [3.05, 3.63) is 29.8 Å². The van der Waals surface area contributed by atoms with Crippen molar-refractivity contribution in [1.29, 1.82) is 0 Å². The largest absolute Gasteiger partial charge is 0.326 e. The zero-order valence-corrected chi connectivity index (χ0v) is 12.4. The van der Waals surface area contributed by atoms with E-state index in [0.717, 1.165) is 30.3 Å². The summed E-state index contributed by atoms with van der Waals surface area (Å²) in [4.78, 5) is 14.6. The molecule has 1 aromatic carbocycles. The maximum absolute atomic E-state index is 12.4. The van der Waals surface area contributed by atoms with Crippen molar-refractivity contribution in [2.24, 2.45) is 11.7 Å². The summed E-state index contributed by atoms with van der Waals surface area (Å²) in [5, 5.41) is 3.01. The van der Waals surface area contributed by atoms with Crippen molar-refractivity contribution in [3.63, 3.8) is 0 Å². The average Bonchev–Trinajstić information content (AvgIpc) is 3.28. The number of benzene rings is 1. The number of hydrogen-bond acceptors (Lipinski definition) is 3. The molecule has 1 aliphatic carbocycles. The van der Waals surface area contributed by atoms with Gasteiger partial charge in [-0.15, -0.1) is 0 Å². The lowest BCUT2D eigenvalue weighted by atomic mass is 10.1. The Morgan fingerprint density at radius 2 is 2.15 bits per heavy atom. The van der Waals surface area contributed by atoms with Gasteiger partial charge in [0.2, 0.25) is 5.91 Å². The van der Waals surface area contributed by atoms with Crippen LogP contribution in [0.15, 0.2) is 24.3 Å². The summed E-state index contributed by atoms with van der Waals surface area (Å²) in [5.41, 5.74) is 7.50. The number of carbonyl (C=O) groups is 1. The van der Waals surface area contributed by atoms with Crippen LogP contribution in [0.2, 0.25) is 0 Å². The third-order valence-electron chi connectivity index (χ3n) is 4.02. The van der Waals surface area contributed by atoms with Gasteiger partial charge in [0.1, 0.15) is 0 Å². The van der Waals surface area contributed by atoms with Crippen LogP contribution in [0.4, 0.5) is 5.69 Å². The molecule has 1 saturated carbocycles. The number of nitrogens with two attached hydrogens (primary N) is 1. The van der Waals surface area contributed by atoms with Crippen molar-refractivity contribution >= 4 is 11.6 Å². The van der Waals surface area contributed by atoms with E-state index < -0.39 is 0 Å². The molecule has 2 rings (SSSR count). The van der Waals surface area contributed by atoms with Gasteiger partial charge in [0, 0.05) is 18.8 Å². The average molecular weight is 275 g/mol. The van der Waals surface area contributed by atoms with Crippen LogP contribution in [0, 0.1) is 5.92 Å². The molecule has 4 heteroatoms. The molecule has 0 bridgehead atoms. The smallest absolute Gasteiger partial charge is 0.241 e. The number of para-hydroxylation sites is 1. The molecular weight excluding hydrogens is 250 g/mol. The van der Waals surface area contributed by atoms with Gasteiger partial charge in [-0.3, -0.25) is 9.69 Å². The number of anilines is 1. The Kier molecular flexibility index (Phi) is 5.15. The summed E-state index contributed by atoms with van der Waals surface area (Å²) in [6.07, 6.45) is 2.61. The summed E-state index contributed by atoms with van der Waals surface area (Å²) >= 11 is 0. The molecule has 1 unspecified atom stereocenters. The number of amides is 1. The van der Waals surface area contributed by atoms with E-state index >= 15 is 0 Å². The lowest BCUT2D eigenvalue weighted by Gasteiger charge is -2.27. The van der Waals surface area contributed by atoms with Gasteiger partial charge in [-0.25, -0.2) is 0 Å². The number of nitrogens with one attached hydrogen (secondary N) is 1. The zero-order valence-electron chi connectivity index (χ0n) is 12.4. The topological polar surface area (TPSA) is 58.4 Å². The highest BCUT2D eigenvalue weighted by Gasteiger charge is 2.28. The fraction of sp³-hybridized carbons (Fsp3) is 0.562. The van der Waals surface area contributed by atoms with Crippen molar-refractivity contribution in [3.8, 4) is 0 Å². The normalized spacial score (nSPS) is 16.2. The molecule has 1 aromatic rings. The minimum Gasteiger partial charge on any atom is -0.326 e. The Labute approximate surface area is 121 Å². The van der Waals surface area contributed by atoms with Gasteiger partial charge in [0.25, 0.3) is 0 Å². The van der Waals surface area contributed by atoms with Crippen LogP contribution in [0.1, 0.15) is 32.3 Å². The van der Waals surface area contributed by atoms with Crippen LogP contribution in [0.3, 0.4) is 0 Å². The van der Waals surface area contributed by atoms with Crippen LogP contribution in [0.25, 0.3) is 0 Å². The van der Waals surface area contributed by atoms with Gasteiger partial charge < -0.3 is 11.1 Å². The number of rotatable bonds is 7. The lowest BCUT2D eigenvalue weighted by molar-refractivity contribution is -0.120. The first-order valence-corrected chi connectivity index (χ1v) is 7.48. The van der Waals surface area contributed by atoms with Crippen LogP contribution in [-0.2, 0) is 11.3 Å². The van der Waals surface area contributed by atoms with E-state index in [0.29, 0.717) is 6.54 Å². The first-order valence-electron chi connectivity index (χ1n) is 7.48. The van der Waals surface area contributed by atoms with E-state index in [1.54, 1.807) is 0 Å². The lowest BCUT2D eigenvalue weighted by Crippen LogP contribution is -2.43. The second kappa shape index (κ2) is 6.86. The van der Waals surface area contributed by atoms with Gasteiger partial charge in [-0.05, 0) is 43.9 Å². The van der Waals surface area contributed by atoms with Crippen LogP contribution >= 0.6 is 0 Å². The first-order chi connectivity index (χ1) is 9.65. The third-order valence-corrected chi connectivity index (χ3v) is 4.02. The number of likely N-dealkylation sites (N-methyl/N-ethyl adjacent to an activating group) is 1. The zero-order chi connectivity index (χ0) is 14.5. The van der Waals surface area contributed by atoms with Crippen molar-refractivity contribution in [1.82, 2.24) is 4.90 Å². The Bertz CT molecular complexity index is 457. The standard InChI is InChI=1S/C16H25N3O/c1-3-19(11-13-8-9-13)12(2)16(20)18-15-7-5-4-6-14(15)10-17/h4-7,12-13H,3,8-11,17H2,1-2H3,(H,18,20). The molecule has 1 aliphatic rings. The predicted molar refractivity (Wildman–Crippen MR) is 82.4 cm³/mol. The highest BCUT2D eigenvalue weighted by atomic mass is 16.2. The third kappa shape index (κ3) is 3.81. The molecule has 0 heterocycles. The SMILES string of the molecule is CCN(CC1CC1)C(C)C(=O)Nc1ccccc1CN. The predicted octanol–water partition coefficient (Wildman–Crippen LogP) is 2.20. The molecule has 110 valence electrons. The Balaban J connectivity index is 1.98. The van der Waals surface area contributed by atoms with Gasteiger partial charge in [0.15, 0.2) is 0 Å². The summed E-state index contributed by atoms with van der Waals surface area (Å²) < 4.78 is 0. The fourth-order valence-electron chi connectivity index (χ4n) is 2.42. The minimum atomic E-state index is -0.105. The first kappa shape index (κ1) is 15.0. The molecule has 1 atom stereocenters. The molecular formula is C16H25N3O. The molecule has 0 aromatic heterocycles. The maximum atomic E-state index is 12.4. The Morgan fingerprint density at radius 1 is 1.45 bits per heavy atom. The molecule has 1 fully saturated rings. The molecule has 4 nitrogen and oxygen atoms in total. The summed E-state index contributed by atoms with van der Waals surface area (Å²) in [7, 11) is 0. The van der Waals surface area contributed by atoms with Gasteiger partial charge in [0.05, 0.1) is 6.04 Å². The maximum Gasteiger partial charge on any atom is 0.241 e. The number of hydrogen-bond donors (Lipinski definition) is 2. The molecule has 0 spiro atoms. The van der Waals surface area contributed by atoms with Crippen molar-refractivity contribution < 1.29 is 4.79 Å². The fourth-order valence-corrected chi connectivity index (χ4v) is 2.42. The molecule has 0 saturated heterocycles. The van der Waals surface area contributed by atoms with Crippen molar-refractivity contribution in [2.75, 3.05) is 18.4 Å². The van der Waals surface area contributed by atoms with Crippen LogP contribution in [-0.4, -0.2) is 29.9 Å². The second-order valence-electron chi connectivity index (χ2n) is 5.56. The van der Waals surface area contributed by atoms with Crippen LogP contribution < -0.4 is 11.1 Å². The molecule has 3 N–H and O–H groups in total. The molecule has 20 heavy (non-hydrogen) atoms. The van der Waals surface area contributed by atoms with Crippen LogP contribution in [0.5, 0.6) is 0 Å². The summed E-state index contributed by atoms with van der Waals surface area (Å²) in [6, 6.07) is 7.60. The number of carbonyl (C=O) groups excluding carboxylic acids is 1. The Morgan fingerprint density at radius 3 is 2.75 bits per heavy atom. The van der Waals surface area contributed by atoms with E-state index in [2.05, 4.69) is 17.1 Å². The Hall–Kier alpha value is -1.39. The molecule has 0 radical (unpaired) electrons. The van der Waals surface area contributed by atoms with Gasteiger partial charge in [-0.2, -0.15) is 0 Å². The molecule has 1 amide bonds. The van der Waals surface area contributed by atoms with Gasteiger partial charge in [-0.1, -0.05) is 25.1 Å². The number of nitrogens with zero attached hydrogens (tertiary/aromatic N) is 1. The molecule has 0 aliphatic heterocycles. The monoisotopic (exact) mass is 275 g/mol. The second-order valence-corrected chi connectivity index (χ2v) is 5.56. The van der Waals surface area contributed by atoms with Crippen molar-refractivity contribution in [2.45, 2.75) is 39.3 Å². The van der Waals surface area contributed by atoms with E-state index in [1.165, 1.54) is 12.8 Å². The summed E-state index contributed by atoms with van der Waals surface area (Å²) in [5.74, 6) is 0.843. The highest BCUT2D eigenvalue weighted by molar-refractivity contribution is 5.95. The van der Waals surface area contributed by atoms with E-state index in [9.17, 15) is 4.79 Å². The van der Waals surface area contributed by atoms with Gasteiger partial charge >= 0.3 is 0 Å². The minimum absolute atomic E-state index is 0.0494. The van der Waals surface area contributed by atoms with E-state index in [4.69, 9.17) is 5.73 Å². The van der Waals surface area contributed by atoms with E-state index in [-0.39, 0.29) is 11.9 Å². The summed E-state index contributed by atoms with van der Waals surface area (Å²) in [6.45, 7) is 6.46. The quantitative estimate of drug-likeness (QED) is 0.802. The highest BCUT2D eigenvalue weighted by Crippen LogP contribution is 2.30. The van der Waals surface area contributed by atoms with E-state index in [1.807, 2.05) is 31.2 Å².